The average molecular weight is 254 g/mol. The fourth-order valence-corrected chi connectivity index (χ4v) is 2.54. The molecule has 0 radical (unpaired) electrons. The second-order valence-corrected chi connectivity index (χ2v) is 4.38. The first-order valence-electron chi connectivity index (χ1n) is 6.80. The van der Waals surface area contributed by atoms with Crippen LogP contribution in [0, 0.1) is 0 Å². The Morgan fingerprint density at radius 2 is 2.06 bits per heavy atom. The molecule has 1 heterocycles. The van der Waals surface area contributed by atoms with E-state index >= 15 is 0 Å². The summed E-state index contributed by atoms with van der Waals surface area (Å²) in [6, 6.07) is -0.0950. The minimum absolute atomic E-state index is 0.0950. The van der Waals surface area contributed by atoms with Gasteiger partial charge in [0.05, 0.1) is 5.60 Å². The number of hydrogen-bond donors (Lipinski definition) is 2. The first-order chi connectivity index (χ1) is 8.68. The lowest BCUT2D eigenvalue weighted by atomic mass is 9.87. The highest BCUT2D eigenvalue weighted by molar-refractivity contribution is 5.07. The summed E-state index contributed by atoms with van der Waals surface area (Å²) in [5, 5.41) is 0. The molecule has 1 atom stereocenters. The van der Waals surface area contributed by atoms with Gasteiger partial charge >= 0.3 is 0 Å². The maximum Gasteiger partial charge on any atom is 0.130 e. The van der Waals surface area contributed by atoms with Gasteiger partial charge < -0.3 is 9.30 Å². The van der Waals surface area contributed by atoms with Crippen molar-refractivity contribution in [3.05, 3.63) is 18.2 Å². The van der Waals surface area contributed by atoms with Gasteiger partial charge in [-0.15, -0.1) is 0 Å². The third-order valence-electron chi connectivity index (χ3n) is 3.67. The van der Waals surface area contributed by atoms with E-state index in [0.717, 1.165) is 25.2 Å². The molecule has 0 amide bonds. The zero-order valence-electron chi connectivity index (χ0n) is 11.9. The van der Waals surface area contributed by atoms with Crippen molar-refractivity contribution < 1.29 is 4.74 Å². The van der Waals surface area contributed by atoms with Crippen molar-refractivity contribution in [3.8, 4) is 0 Å². The van der Waals surface area contributed by atoms with Crippen LogP contribution in [0.25, 0.3) is 0 Å². The molecule has 1 rings (SSSR count). The van der Waals surface area contributed by atoms with Crippen LogP contribution in [0.15, 0.2) is 12.4 Å². The summed E-state index contributed by atoms with van der Waals surface area (Å²) in [5.41, 5.74) is 2.59. The fraction of sp³-hybridized carbons (Fsp3) is 0.769. The van der Waals surface area contributed by atoms with E-state index in [0.29, 0.717) is 6.61 Å². The topological polar surface area (TPSA) is 65.1 Å². The zero-order chi connectivity index (χ0) is 13.6. The van der Waals surface area contributed by atoms with Crippen LogP contribution in [-0.4, -0.2) is 21.8 Å². The standard InChI is InChI=1S/C13H26N4O/c1-5-13(6-2,18-8-4)11(16-14)12-15-9-10-17(12)7-3/h9-11,16H,5-8,14H2,1-4H3. The molecule has 0 bridgehead atoms. The molecule has 0 spiro atoms. The van der Waals surface area contributed by atoms with Crippen LogP contribution in [0.3, 0.4) is 0 Å². The molecule has 1 unspecified atom stereocenters. The molecule has 3 N–H and O–H groups in total. The van der Waals surface area contributed by atoms with Crippen molar-refractivity contribution in [2.24, 2.45) is 5.84 Å². The van der Waals surface area contributed by atoms with Gasteiger partial charge in [-0.25, -0.2) is 10.4 Å². The molecule has 0 fully saturated rings. The van der Waals surface area contributed by atoms with Gasteiger partial charge in [-0.05, 0) is 26.7 Å². The Morgan fingerprint density at radius 1 is 1.39 bits per heavy atom. The fourth-order valence-electron chi connectivity index (χ4n) is 2.54. The molecule has 0 aliphatic rings. The number of aromatic nitrogens is 2. The Labute approximate surface area is 110 Å². The van der Waals surface area contributed by atoms with Gasteiger partial charge in [-0.2, -0.15) is 0 Å². The minimum atomic E-state index is -0.304. The van der Waals surface area contributed by atoms with E-state index in [4.69, 9.17) is 10.6 Å². The second-order valence-electron chi connectivity index (χ2n) is 4.38. The van der Waals surface area contributed by atoms with Crippen molar-refractivity contribution >= 4 is 0 Å². The van der Waals surface area contributed by atoms with E-state index in [2.05, 4.69) is 35.7 Å². The van der Waals surface area contributed by atoms with Crippen molar-refractivity contribution in [3.63, 3.8) is 0 Å². The van der Waals surface area contributed by atoms with Crippen LogP contribution in [-0.2, 0) is 11.3 Å². The van der Waals surface area contributed by atoms with Crippen molar-refractivity contribution in [2.45, 2.75) is 58.7 Å². The number of ether oxygens (including phenoxy) is 1. The lowest BCUT2D eigenvalue weighted by Crippen LogP contribution is -2.49. The third-order valence-corrected chi connectivity index (χ3v) is 3.67. The van der Waals surface area contributed by atoms with Gasteiger partial charge in [0.15, 0.2) is 0 Å². The summed E-state index contributed by atoms with van der Waals surface area (Å²) in [4.78, 5) is 4.44. The Morgan fingerprint density at radius 3 is 2.50 bits per heavy atom. The first kappa shape index (κ1) is 15.1. The molecular weight excluding hydrogens is 228 g/mol. The molecular formula is C13H26N4O. The summed E-state index contributed by atoms with van der Waals surface area (Å²) >= 11 is 0. The Bertz CT molecular complexity index is 347. The normalized spacial score (nSPS) is 13.8. The van der Waals surface area contributed by atoms with Gasteiger partial charge in [-0.1, -0.05) is 13.8 Å². The van der Waals surface area contributed by atoms with E-state index in [1.165, 1.54) is 0 Å². The Hall–Kier alpha value is -0.910. The maximum atomic E-state index is 6.01. The molecule has 0 saturated carbocycles. The van der Waals surface area contributed by atoms with Gasteiger partial charge in [0.25, 0.3) is 0 Å². The predicted octanol–water partition coefficient (Wildman–Crippen LogP) is 2.00. The van der Waals surface area contributed by atoms with Gasteiger partial charge in [-0.3, -0.25) is 5.84 Å². The van der Waals surface area contributed by atoms with Crippen LogP contribution < -0.4 is 11.3 Å². The highest BCUT2D eigenvalue weighted by Crippen LogP contribution is 2.34. The summed E-state index contributed by atoms with van der Waals surface area (Å²) in [5.74, 6) is 6.71. The maximum absolute atomic E-state index is 6.01. The lowest BCUT2D eigenvalue weighted by Gasteiger charge is -2.38. The van der Waals surface area contributed by atoms with Crippen LogP contribution in [0.2, 0.25) is 0 Å². The molecule has 104 valence electrons. The molecule has 5 nitrogen and oxygen atoms in total. The third kappa shape index (κ3) is 2.74. The van der Waals surface area contributed by atoms with E-state index < -0.39 is 0 Å². The van der Waals surface area contributed by atoms with Gasteiger partial charge in [0.1, 0.15) is 11.9 Å². The number of nitrogens with two attached hydrogens (primary N) is 1. The Balaban J connectivity index is 3.13. The summed E-state index contributed by atoms with van der Waals surface area (Å²) in [6.07, 6.45) is 5.57. The van der Waals surface area contributed by atoms with E-state index in [9.17, 15) is 0 Å². The number of aryl methyl sites for hydroxylation is 1. The molecule has 1 aromatic heterocycles. The highest BCUT2D eigenvalue weighted by atomic mass is 16.5. The monoisotopic (exact) mass is 254 g/mol. The number of rotatable bonds is 8. The van der Waals surface area contributed by atoms with Crippen LogP contribution in [0.4, 0.5) is 0 Å². The second kappa shape index (κ2) is 6.87. The number of hydrogen-bond acceptors (Lipinski definition) is 4. The number of nitrogens with one attached hydrogen (secondary N) is 1. The predicted molar refractivity (Wildman–Crippen MR) is 72.9 cm³/mol. The molecule has 5 heteroatoms. The minimum Gasteiger partial charge on any atom is -0.373 e. The molecule has 0 aliphatic carbocycles. The zero-order valence-corrected chi connectivity index (χ0v) is 11.9. The molecule has 0 aliphatic heterocycles. The molecule has 0 saturated heterocycles. The number of hydrazine groups is 1. The largest absolute Gasteiger partial charge is 0.373 e. The SMILES string of the molecule is CCOC(CC)(CC)C(NN)c1nccn1CC. The Kier molecular flexibility index (Phi) is 5.78. The molecule has 0 aromatic carbocycles. The lowest BCUT2D eigenvalue weighted by molar-refractivity contribution is -0.0759. The number of nitrogens with zero attached hydrogens (tertiary/aromatic N) is 2. The van der Waals surface area contributed by atoms with Crippen LogP contribution in [0.1, 0.15) is 52.4 Å². The van der Waals surface area contributed by atoms with Crippen LogP contribution in [0.5, 0.6) is 0 Å². The molecule has 18 heavy (non-hydrogen) atoms. The first-order valence-corrected chi connectivity index (χ1v) is 6.80. The van der Waals surface area contributed by atoms with E-state index in [1.54, 1.807) is 0 Å². The molecule has 1 aromatic rings. The summed E-state index contributed by atoms with van der Waals surface area (Å²) < 4.78 is 8.11. The van der Waals surface area contributed by atoms with Crippen molar-refractivity contribution in [1.82, 2.24) is 15.0 Å². The number of imidazole rings is 1. The smallest absolute Gasteiger partial charge is 0.130 e. The highest BCUT2D eigenvalue weighted by Gasteiger charge is 2.39. The quantitative estimate of drug-likeness (QED) is 0.550. The van der Waals surface area contributed by atoms with Crippen molar-refractivity contribution in [2.75, 3.05) is 6.61 Å². The van der Waals surface area contributed by atoms with Gasteiger partial charge in [0.2, 0.25) is 0 Å². The van der Waals surface area contributed by atoms with E-state index in [1.807, 2.05) is 19.3 Å². The average Bonchev–Trinajstić information content (AvgIpc) is 2.86. The van der Waals surface area contributed by atoms with Crippen molar-refractivity contribution in [1.29, 1.82) is 0 Å². The van der Waals surface area contributed by atoms with E-state index in [-0.39, 0.29) is 11.6 Å². The summed E-state index contributed by atoms with van der Waals surface area (Å²) in [7, 11) is 0. The van der Waals surface area contributed by atoms with Gasteiger partial charge in [0, 0.05) is 25.5 Å². The summed E-state index contributed by atoms with van der Waals surface area (Å²) in [6.45, 7) is 9.92. The van der Waals surface area contributed by atoms with Crippen LogP contribution >= 0.6 is 0 Å².